The summed E-state index contributed by atoms with van der Waals surface area (Å²) < 4.78 is 24.6. The Labute approximate surface area is 119 Å². The zero-order chi connectivity index (χ0) is 14.3. The number of aliphatic hydroxyl groups excluding tert-OH is 1. The van der Waals surface area contributed by atoms with Crippen molar-refractivity contribution in [2.45, 2.75) is 30.7 Å². The van der Waals surface area contributed by atoms with E-state index in [4.69, 9.17) is 16.7 Å². The summed E-state index contributed by atoms with van der Waals surface area (Å²) >= 11 is 5.92. The van der Waals surface area contributed by atoms with E-state index in [1.54, 1.807) is 18.2 Å². The molecule has 0 fully saturated rings. The Balaban J connectivity index is 2.85. The van der Waals surface area contributed by atoms with Crippen molar-refractivity contribution in [3.63, 3.8) is 0 Å². The van der Waals surface area contributed by atoms with Crippen LogP contribution in [0, 0.1) is 0 Å². The summed E-state index contributed by atoms with van der Waals surface area (Å²) in [6.45, 7) is 2.69. The van der Waals surface area contributed by atoms with Gasteiger partial charge in [-0.3, -0.25) is 0 Å². The number of halogens is 1. The zero-order valence-electron chi connectivity index (χ0n) is 11.0. The van der Waals surface area contributed by atoms with Crippen LogP contribution in [-0.2, 0) is 9.84 Å². The standard InChI is InChI=1S/C13H20ClNO3S/c1-2-8-15-11(7-9-16)10-19(17,18)13-6-4-3-5-12(13)14/h3-6,11,15-16H,2,7-10H2,1H3. The molecule has 0 amide bonds. The molecule has 1 unspecified atom stereocenters. The Morgan fingerprint density at radius 2 is 2.05 bits per heavy atom. The van der Waals surface area contributed by atoms with Gasteiger partial charge in [0.25, 0.3) is 0 Å². The molecule has 0 radical (unpaired) electrons. The molecule has 1 aromatic carbocycles. The van der Waals surface area contributed by atoms with Crippen LogP contribution in [0.3, 0.4) is 0 Å². The topological polar surface area (TPSA) is 66.4 Å². The molecule has 0 bridgehead atoms. The number of nitrogens with one attached hydrogen (secondary N) is 1. The fraction of sp³-hybridized carbons (Fsp3) is 0.538. The summed E-state index contributed by atoms with van der Waals surface area (Å²) in [6.07, 6.45) is 1.32. The van der Waals surface area contributed by atoms with Gasteiger partial charge >= 0.3 is 0 Å². The molecule has 0 saturated heterocycles. The zero-order valence-corrected chi connectivity index (χ0v) is 12.5. The molecule has 6 heteroatoms. The van der Waals surface area contributed by atoms with E-state index >= 15 is 0 Å². The van der Waals surface area contributed by atoms with E-state index in [-0.39, 0.29) is 28.3 Å². The third-order valence-corrected chi connectivity index (χ3v) is 5.06. The van der Waals surface area contributed by atoms with Crippen LogP contribution in [0.2, 0.25) is 5.02 Å². The Morgan fingerprint density at radius 3 is 2.63 bits per heavy atom. The molecule has 1 atom stereocenters. The minimum atomic E-state index is -3.45. The average Bonchev–Trinajstić information content (AvgIpc) is 2.36. The summed E-state index contributed by atoms with van der Waals surface area (Å²) in [5, 5.41) is 12.4. The maximum absolute atomic E-state index is 12.3. The first-order valence-corrected chi connectivity index (χ1v) is 8.35. The molecule has 0 heterocycles. The summed E-state index contributed by atoms with van der Waals surface area (Å²) in [5.74, 6) is -0.0582. The van der Waals surface area contributed by atoms with E-state index in [9.17, 15) is 8.42 Å². The summed E-state index contributed by atoms with van der Waals surface area (Å²) in [5.41, 5.74) is 0. The van der Waals surface area contributed by atoms with Crippen molar-refractivity contribution in [2.75, 3.05) is 18.9 Å². The lowest BCUT2D eigenvalue weighted by atomic mass is 10.2. The van der Waals surface area contributed by atoms with Gasteiger partial charge in [0.2, 0.25) is 0 Å². The van der Waals surface area contributed by atoms with Gasteiger partial charge in [-0.05, 0) is 31.5 Å². The van der Waals surface area contributed by atoms with Crippen molar-refractivity contribution >= 4 is 21.4 Å². The first kappa shape index (κ1) is 16.4. The first-order valence-electron chi connectivity index (χ1n) is 6.32. The molecule has 0 aliphatic heterocycles. The molecule has 0 aromatic heterocycles. The monoisotopic (exact) mass is 305 g/mol. The molecular weight excluding hydrogens is 286 g/mol. The van der Waals surface area contributed by atoms with Crippen LogP contribution < -0.4 is 5.32 Å². The summed E-state index contributed by atoms with van der Waals surface area (Å²) in [6, 6.07) is 6.16. The van der Waals surface area contributed by atoms with Crippen molar-refractivity contribution in [3.8, 4) is 0 Å². The van der Waals surface area contributed by atoms with Crippen LogP contribution in [0.5, 0.6) is 0 Å². The smallest absolute Gasteiger partial charge is 0.181 e. The van der Waals surface area contributed by atoms with Crippen LogP contribution in [0.4, 0.5) is 0 Å². The van der Waals surface area contributed by atoms with E-state index < -0.39 is 9.84 Å². The van der Waals surface area contributed by atoms with E-state index in [1.165, 1.54) is 6.07 Å². The van der Waals surface area contributed by atoms with Crippen LogP contribution in [0.1, 0.15) is 19.8 Å². The van der Waals surface area contributed by atoms with Gasteiger partial charge in [-0.25, -0.2) is 8.42 Å². The normalized spacial score (nSPS) is 13.4. The van der Waals surface area contributed by atoms with Crippen LogP contribution in [0.25, 0.3) is 0 Å². The van der Waals surface area contributed by atoms with Gasteiger partial charge in [0.15, 0.2) is 9.84 Å². The Kier molecular flexibility index (Phi) is 6.79. The molecular formula is C13H20ClNO3S. The van der Waals surface area contributed by atoms with Crippen molar-refractivity contribution in [3.05, 3.63) is 29.3 Å². The molecule has 19 heavy (non-hydrogen) atoms. The summed E-state index contributed by atoms with van der Waals surface area (Å²) in [7, 11) is -3.45. The Bertz CT molecular complexity index is 490. The van der Waals surface area contributed by atoms with Crippen molar-refractivity contribution in [2.24, 2.45) is 0 Å². The van der Waals surface area contributed by atoms with Gasteiger partial charge in [-0.2, -0.15) is 0 Å². The predicted octanol–water partition coefficient (Wildman–Crippen LogP) is 1.86. The van der Waals surface area contributed by atoms with E-state index in [2.05, 4.69) is 5.32 Å². The van der Waals surface area contributed by atoms with Crippen LogP contribution >= 0.6 is 11.6 Å². The summed E-state index contributed by atoms with van der Waals surface area (Å²) in [4.78, 5) is 0.151. The Hall–Kier alpha value is -0.620. The highest BCUT2D eigenvalue weighted by Gasteiger charge is 2.22. The molecule has 0 aliphatic carbocycles. The maximum atomic E-state index is 12.3. The highest BCUT2D eigenvalue weighted by atomic mass is 35.5. The van der Waals surface area contributed by atoms with E-state index in [0.717, 1.165) is 13.0 Å². The van der Waals surface area contributed by atoms with Gasteiger partial charge < -0.3 is 10.4 Å². The van der Waals surface area contributed by atoms with Crippen molar-refractivity contribution in [1.29, 1.82) is 0 Å². The third kappa shape index (κ3) is 5.10. The lowest BCUT2D eigenvalue weighted by Gasteiger charge is -2.18. The van der Waals surface area contributed by atoms with E-state index in [0.29, 0.717) is 6.42 Å². The molecule has 108 valence electrons. The van der Waals surface area contributed by atoms with Crippen LogP contribution in [-0.4, -0.2) is 38.5 Å². The number of sulfone groups is 1. The number of hydrogen-bond acceptors (Lipinski definition) is 4. The Morgan fingerprint density at radius 1 is 1.37 bits per heavy atom. The number of hydrogen-bond donors (Lipinski definition) is 2. The van der Waals surface area contributed by atoms with E-state index in [1.807, 2.05) is 6.92 Å². The number of aliphatic hydroxyl groups is 1. The lowest BCUT2D eigenvalue weighted by molar-refractivity contribution is 0.269. The fourth-order valence-electron chi connectivity index (χ4n) is 1.80. The van der Waals surface area contributed by atoms with Gasteiger partial charge in [0, 0.05) is 12.6 Å². The number of rotatable bonds is 8. The lowest BCUT2D eigenvalue weighted by Crippen LogP contribution is -2.37. The second-order valence-electron chi connectivity index (χ2n) is 4.38. The van der Waals surface area contributed by atoms with Gasteiger partial charge in [0.1, 0.15) is 0 Å². The van der Waals surface area contributed by atoms with Crippen molar-refractivity contribution < 1.29 is 13.5 Å². The first-order chi connectivity index (χ1) is 9.01. The van der Waals surface area contributed by atoms with Gasteiger partial charge in [0.05, 0.1) is 15.7 Å². The molecule has 4 nitrogen and oxygen atoms in total. The molecule has 0 saturated carbocycles. The minimum absolute atomic E-state index is 0.0422. The van der Waals surface area contributed by atoms with Gasteiger partial charge in [-0.1, -0.05) is 30.7 Å². The quantitative estimate of drug-likeness (QED) is 0.769. The molecule has 1 rings (SSSR count). The molecule has 0 spiro atoms. The van der Waals surface area contributed by atoms with Crippen LogP contribution in [0.15, 0.2) is 29.2 Å². The molecule has 2 N–H and O–H groups in total. The average molecular weight is 306 g/mol. The highest BCUT2D eigenvalue weighted by molar-refractivity contribution is 7.91. The fourth-order valence-corrected chi connectivity index (χ4v) is 3.93. The van der Waals surface area contributed by atoms with Crippen molar-refractivity contribution in [1.82, 2.24) is 5.32 Å². The second kappa shape index (κ2) is 7.85. The largest absolute Gasteiger partial charge is 0.396 e. The molecule has 0 aliphatic rings. The maximum Gasteiger partial charge on any atom is 0.181 e. The number of benzene rings is 1. The second-order valence-corrected chi connectivity index (χ2v) is 6.79. The predicted molar refractivity (Wildman–Crippen MR) is 77.3 cm³/mol. The molecule has 1 aromatic rings. The SMILES string of the molecule is CCCNC(CCO)CS(=O)(=O)c1ccccc1Cl. The van der Waals surface area contributed by atoms with Gasteiger partial charge in [-0.15, -0.1) is 0 Å². The minimum Gasteiger partial charge on any atom is -0.396 e. The third-order valence-electron chi connectivity index (χ3n) is 2.75. The highest BCUT2D eigenvalue weighted by Crippen LogP contribution is 2.22.